The number of carbonyl (C=O) groups is 3. The van der Waals surface area contributed by atoms with E-state index < -0.39 is 0 Å². The fraction of sp³-hybridized carbons (Fsp3) is 0.120. The molecular formula is C25H19N3O3S. The number of anilines is 1. The van der Waals surface area contributed by atoms with Crippen molar-refractivity contribution >= 4 is 45.0 Å². The number of nitrogens with one attached hydrogen (secondary N) is 1. The third-order valence-corrected chi connectivity index (χ3v) is 6.26. The lowest BCUT2D eigenvalue weighted by molar-refractivity contribution is -0.139. The van der Waals surface area contributed by atoms with Gasteiger partial charge in [0.1, 0.15) is 0 Å². The van der Waals surface area contributed by atoms with Crippen molar-refractivity contribution in [3.05, 3.63) is 83.2 Å². The van der Waals surface area contributed by atoms with E-state index in [1.165, 1.54) is 16.2 Å². The number of amides is 3. The van der Waals surface area contributed by atoms with Gasteiger partial charge in [0.25, 0.3) is 5.91 Å². The Morgan fingerprint density at radius 1 is 0.938 bits per heavy atom. The first-order valence-electron chi connectivity index (χ1n) is 10.3. The highest BCUT2D eigenvalue weighted by Gasteiger charge is 2.28. The number of likely N-dealkylation sites (tertiary alicyclic amines) is 1. The summed E-state index contributed by atoms with van der Waals surface area (Å²) < 4.78 is 0. The molecule has 3 amide bonds. The predicted molar refractivity (Wildman–Crippen MR) is 124 cm³/mol. The number of hydrogen-bond donors (Lipinski definition) is 1. The maximum absolute atomic E-state index is 12.7. The van der Waals surface area contributed by atoms with E-state index in [4.69, 9.17) is 0 Å². The molecule has 0 radical (unpaired) electrons. The third-order valence-electron chi connectivity index (χ3n) is 5.50. The molecule has 1 N–H and O–H groups in total. The van der Waals surface area contributed by atoms with Crippen LogP contribution in [0.3, 0.4) is 0 Å². The minimum atomic E-state index is -0.260. The van der Waals surface area contributed by atoms with Crippen molar-refractivity contribution in [2.75, 3.05) is 5.32 Å². The molecule has 0 bridgehead atoms. The van der Waals surface area contributed by atoms with Gasteiger partial charge in [0.2, 0.25) is 11.8 Å². The minimum Gasteiger partial charge on any atom is -0.298 e. The predicted octanol–water partition coefficient (Wildman–Crippen LogP) is 4.86. The van der Waals surface area contributed by atoms with Crippen LogP contribution in [-0.4, -0.2) is 27.6 Å². The molecule has 0 atom stereocenters. The number of benzene rings is 3. The first-order chi connectivity index (χ1) is 15.6. The molecule has 6 nitrogen and oxygen atoms in total. The first-order valence-corrected chi connectivity index (χ1v) is 11.1. The second-order valence-electron chi connectivity index (χ2n) is 7.59. The molecule has 3 aromatic carbocycles. The van der Waals surface area contributed by atoms with Crippen LogP contribution in [0.1, 0.15) is 28.8 Å². The van der Waals surface area contributed by atoms with E-state index in [-0.39, 0.29) is 37.1 Å². The smallest absolute Gasteiger partial charge is 0.257 e. The fourth-order valence-corrected chi connectivity index (χ4v) is 4.52. The highest BCUT2D eigenvalue weighted by atomic mass is 32.1. The van der Waals surface area contributed by atoms with Gasteiger partial charge < -0.3 is 0 Å². The standard InChI is InChI=1S/C25H19N3O3S/c29-22-12-13-23(30)28(22)14-16-8-10-18(11-9-16)24(31)27-25-26-21(15-32-25)20-7-3-5-17-4-1-2-6-19(17)20/h1-11,15H,12-14H2,(H,26,27,31). The number of hydrogen-bond acceptors (Lipinski definition) is 5. The molecule has 32 heavy (non-hydrogen) atoms. The van der Waals surface area contributed by atoms with Crippen LogP contribution < -0.4 is 5.32 Å². The number of thiazole rings is 1. The van der Waals surface area contributed by atoms with Gasteiger partial charge in [-0.05, 0) is 28.5 Å². The molecule has 158 valence electrons. The zero-order valence-electron chi connectivity index (χ0n) is 17.1. The molecule has 1 aliphatic heterocycles. The average molecular weight is 442 g/mol. The van der Waals surface area contributed by atoms with Crippen molar-refractivity contribution in [1.29, 1.82) is 0 Å². The van der Waals surface area contributed by atoms with Gasteiger partial charge in [0.05, 0.1) is 12.2 Å². The molecule has 1 saturated heterocycles. The van der Waals surface area contributed by atoms with E-state index in [0.29, 0.717) is 10.7 Å². The first kappa shape index (κ1) is 20.1. The number of nitrogens with zero attached hydrogens (tertiary/aromatic N) is 2. The van der Waals surface area contributed by atoms with Gasteiger partial charge in [-0.3, -0.25) is 24.6 Å². The maximum Gasteiger partial charge on any atom is 0.257 e. The summed E-state index contributed by atoms with van der Waals surface area (Å²) in [5.41, 5.74) is 3.12. The Bertz CT molecular complexity index is 1320. The monoisotopic (exact) mass is 441 g/mol. The second-order valence-corrected chi connectivity index (χ2v) is 8.45. The maximum atomic E-state index is 12.7. The number of imide groups is 1. The second kappa shape index (κ2) is 8.36. The molecule has 5 rings (SSSR count). The van der Waals surface area contributed by atoms with Crippen molar-refractivity contribution in [3.8, 4) is 11.3 Å². The van der Waals surface area contributed by atoms with E-state index in [2.05, 4.69) is 28.5 Å². The van der Waals surface area contributed by atoms with Crippen LogP contribution in [0, 0.1) is 0 Å². The molecule has 7 heteroatoms. The Balaban J connectivity index is 1.29. The van der Waals surface area contributed by atoms with Crippen LogP contribution in [0.2, 0.25) is 0 Å². The summed E-state index contributed by atoms with van der Waals surface area (Å²) in [6.07, 6.45) is 0.543. The lowest BCUT2D eigenvalue weighted by Gasteiger charge is -2.13. The zero-order valence-corrected chi connectivity index (χ0v) is 17.9. The molecular weight excluding hydrogens is 422 g/mol. The lowest BCUT2D eigenvalue weighted by Crippen LogP contribution is -2.28. The van der Waals surface area contributed by atoms with Gasteiger partial charge >= 0.3 is 0 Å². The normalized spacial score (nSPS) is 13.7. The van der Waals surface area contributed by atoms with Crippen molar-refractivity contribution in [2.45, 2.75) is 19.4 Å². The molecule has 0 unspecified atom stereocenters. The van der Waals surface area contributed by atoms with Crippen LogP contribution in [0.4, 0.5) is 5.13 Å². The summed E-state index contributed by atoms with van der Waals surface area (Å²) in [6.45, 7) is 0.237. The Morgan fingerprint density at radius 3 is 2.44 bits per heavy atom. The van der Waals surface area contributed by atoms with Crippen LogP contribution in [0.5, 0.6) is 0 Å². The Labute approximate surface area is 188 Å². The van der Waals surface area contributed by atoms with Crippen LogP contribution >= 0.6 is 11.3 Å². The van der Waals surface area contributed by atoms with Crippen molar-refractivity contribution in [1.82, 2.24) is 9.88 Å². The highest BCUT2D eigenvalue weighted by molar-refractivity contribution is 7.14. The molecule has 1 aromatic heterocycles. The minimum absolute atomic E-state index is 0.150. The van der Waals surface area contributed by atoms with E-state index in [9.17, 15) is 14.4 Å². The molecule has 1 fully saturated rings. The topological polar surface area (TPSA) is 79.4 Å². The van der Waals surface area contributed by atoms with E-state index in [1.54, 1.807) is 24.3 Å². The molecule has 0 spiro atoms. The Morgan fingerprint density at radius 2 is 1.66 bits per heavy atom. The Kier molecular flexibility index (Phi) is 5.25. The summed E-state index contributed by atoms with van der Waals surface area (Å²) in [5, 5.41) is 7.57. The zero-order chi connectivity index (χ0) is 22.1. The van der Waals surface area contributed by atoms with Crippen LogP contribution in [-0.2, 0) is 16.1 Å². The molecule has 0 saturated carbocycles. The van der Waals surface area contributed by atoms with Gasteiger partial charge in [-0.1, -0.05) is 54.6 Å². The molecule has 0 aliphatic carbocycles. The van der Waals surface area contributed by atoms with Crippen LogP contribution in [0.25, 0.3) is 22.0 Å². The number of rotatable bonds is 5. The van der Waals surface area contributed by atoms with Gasteiger partial charge in [-0.15, -0.1) is 11.3 Å². The summed E-state index contributed by atoms with van der Waals surface area (Å²) in [5.74, 6) is -0.561. The fourth-order valence-electron chi connectivity index (χ4n) is 3.82. The number of fused-ring (bicyclic) bond motifs is 1. The Hall–Kier alpha value is -3.84. The average Bonchev–Trinajstić information content (AvgIpc) is 3.41. The SMILES string of the molecule is O=C(Nc1nc(-c2cccc3ccccc23)cs1)c1ccc(CN2C(=O)CCC2=O)cc1. The van der Waals surface area contributed by atoms with Gasteiger partial charge in [-0.2, -0.15) is 0 Å². The van der Waals surface area contributed by atoms with Gasteiger partial charge in [-0.25, -0.2) is 4.98 Å². The number of aromatic nitrogens is 1. The van der Waals surface area contributed by atoms with Crippen molar-refractivity contribution in [3.63, 3.8) is 0 Å². The molecule has 2 heterocycles. The van der Waals surface area contributed by atoms with E-state index >= 15 is 0 Å². The van der Waals surface area contributed by atoms with Crippen LogP contribution in [0.15, 0.2) is 72.1 Å². The summed E-state index contributed by atoms with van der Waals surface area (Å²) >= 11 is 1.38. The van der Waals surface area contributed by atoms with E-state index in [1.807, 2.05) is 29.6 Å². The molecule has 4 aromatic rings. The summed E-state index contributed by atoms with van der Waals surface area (Å²) in [6, 6.07) is 21.1. The van der Waals surface area contributed by atoms with Gasteiger partial charge in [0, 0.05) is 29.3 Å². The van der Waals surface area contributed by atoms with Gasteiger partial charge in [0.15, 0.2) is 5.13 Å². The largest absolute Gasteiger partial charge is 0.298 e. The van der Waals surface area contributed by atoms with Crippen molar-refractivity contribution < 1.29 is 14.4 Å². The lowest BCUT2D eigenvalue weighted by atomic mass is 10.0. The summed E-state index contributed by atoms with van der Waals surface area (Å²) in [4.78, 5) is 42.1. The highest BCUT2D eigenvalue weighted by Crippen LogP contribution is 2.31. The van der Waals surface area contributed by atoms with Crippen molar-refractivity contribution in [2.24, 2.45) is 0 Å². The quantitative estimate of drug-likeness (QED) is 0.449. The van der Waals surface area contributed by atoms with E-state index in [0.717, 1.165) is 27.6 Å². The summed E-state index contributed by atoms with van der Waals surface area (Å²) in [7, 11) is 0. The third kappa shape index (κ3) is 3.90. The molecule has 1 aliphatic rings. The number of carbonyl (C=O) groups excluding carboxylic acids is 3.